The van der Waals surface area contributed by atoms with Gasteiger partial charge in [-0.3, -0.25) is 4.90 Å². The highest BCUT2D eigenvalue weighted by atomic mass is 35.5. The van der Waals surface area contributed by atoms with Crippen molar-refractivity contribution in [1.82, 2.24) is 10.2 Å². The number of likely N-dealkylation sites (tertiary alicyclic amines) is 1. The normalized spacial score (nSPS) is 28.3. The molecule has 2 fully saturated rings. The van der Waals surface area contributed by atoms with Crippen LogP contribution in [0.15, 0.2) is 18.2 Å². The standard InChI is InChI=1S/C14H18ClFN2/c15-13-2-1-12(16)7-11(13)9-18-6-4-14-10(8-18)3-5-17-14/h1-2,7,10,14,17H,3-6,8-9H2. The smallest absolute Gasteiger partial charge is 0.123 e. The number of fused-ring (bicyclic) bond motifs is 1. The number of halogens is 2. The van der Waals surface area contributed by atoms with Crippen LogP contribution in [0, 0.1) is 11.7 Å². The molecule has 0 aliphatic carbocycles. The van der Waals surface area contributed by atoms with Crippen molar-refractivity contribution >= 4 is 11.6 Å². The van der Waals surface area contributed by atoms with E-state index >= 15 is 0 Å². The van der Waals surface area contributed by atoms with Crippen LogP contribution in [-0.2, 0) is 6.54 Å². The van der Waals surface area contributed by atoms with Gasteiger partial charge in [0.1, 0.15) is 5.82 Å². The molecule has 0 spiro atoms. The molecule has 2 saturated heterocycles. The number of hydrogen-bond acceptors (Lipinski definition) is 2. The molecule has 4 heteroatoms. The Morgan fingerprint density at radius 1 is 1.39 bits per heavy atom. The molecule has 2 nitrogen and oxygen atoms in total. The molecular weight excluding hydrogens is 251 g/mol. The van der Waals surface area contributed by atoms with Gasteiger partial charge in [0, 0.05) is 24.2 Å². The molecule has 0 saturated carbocycles. The van der Waals surface area contributed by atoms with Crippen molar-refractivity contribution in [1.29, 1.82) is 0 Å². The highest BCUT2D eigenvalue weighted by molar-refractivity contribution is 6.31. The van der Waals surface area contributed by atoms with Crippen molar-refractivity contribution in [2.75, 3.05) is 19.6 Å². The number of benzene rings is 1. The summed E-state index contributed by atoms with van der Waals surface area (Å²) in [5.41, 5.74) is 0.904. The predicted octanol–water partition coefficient (Wildman–Crippen LogP) is 2.66. The third-order valence-electron chi connectivity index (χ3n) is 4.14. The van der Waals surface area contributed by atoms with E-state index in [-0.39, 0.29) is 5.82 Å². The minimum Gasteiger partial charge on any atom is -0.314 e. The van der Waals surface area contributed by atoms with Gasteiger partial charge in [0.15, 0.2) is 0 Å². The highest BCUT2D eigenvalue weighted by Crippen LogP contribution is 2.27. The predicted molar refractivity (Wildman–Crippen MR) is 71.2 cm³/mol. The molecule has 2 heterocycles. The minimum absolute atomic E-state index is 0.202. The van der Waals surface area contributed by atoms with Gasteiger partial charge in [0.05, 0.1) is 0 Å². The lowest BCUT2D eigenvalue weighted by molar-refractivity contribution is 0.156. The summed E-state index contributed by atoms with van der Waals surface area (Å²) in [7, 11) is 0. The summed E-state index contributed by atoms with van der Waals surface area (Å²) in [6.07, 6.45) is 2.45. The zero-order chi connectivity index (χ0) is 12.5. The monoisotopic (exact) mass is 268 g/mol. The van der Waals surface area contributed by atoms with Gasteiger partial charge in [-0.1, -0.05) is 11.6 Å². The lowest BCUT2D eigenvalue weighted by Gasteiger charge is -2.35. The Labute approximate surface area is 112 Å². The number of nitrogens with zero attached hydrogens (tertiary/aromatic N) is 1. The lowest BCUT2D eigenvalue weighted by Crippen LogP contribution is -2.43. The Hall–Kier alpha value is -0.640. The van der Waals surface area contributed by atoms with E-state index in [0.29, 0.717) is 11.1 Å². The molecule has 2 unspecified atom stereocenters. The number of piperidine rings is 1. The zero-order valence-electron chi connectivity index (χ0n) is 10.3. The molecule has 2 aliphatic heterocycles. The maximum atomic E-state index is 13.2. The van der Waals surface area contributed by atoms with E-state index in [1.807, 2.05) is 0 Å². The lowest BCUT2D eigenvalue weighted by atomic mass is 9.93. The maximum Gasteiger partial charge on any atom is 0.123 e. The molecule has 1 N–H and O–H groups in total. The largest absolute Gasteiger partial charge is 0.314 e. The van der Waals surface area contributed by atoms with Gasteiger partial charge < -0.3 is 5.32 Å². The first-order chi connectivity index (χ1) is 8.72. The summed E-state index contributed by atoms with van der Waals surface area (Å²) in [5, 5.41) is 4.22. The summed E-state index contributed by atoms with van der Waals surface area (Å²) in [6.45, 7) is 4.08. The Bertz CT molecular complexity index is 438. The second kappa shape index (κ2) is 5.16. The minimum atomic E-state index is -0.202. The van der Waals surface area contributed by atoms with Crippen LogP contribution < -0.4 is 5.32 Å². The highest BCUT2D eigenvalue weighted by Gasteiger charge is 2.32. The third-order valence-corrected chi connectivity index (χ3v) is 4.51. The fraction of sp³-hybridized carbons (Fsp3) is 0.571. The fourth-order valence-electron chi connectivity index (χ4n) is 3.17. The van der Waals surface area contributed by atoms with Gasteiger partial charge >= 0.3 is 0 Å². The molecule has 0 bridgehead atoms. The molecule has 2 aliphatic rings. The first-order valence-corrected chi connectivity index (χ1v) is 7.00. The van der Waals surface area contributed by atoms with Crippen LogP contribution in [0.25, 0.3) is 0 Å². The number of nitrogens with one attached hydrogen (secondary N) is 1. The summed E-state index contributed by atoms with van der Waals surface area (Å²) < 4.78 is 13.2. The van der Waals surface area contributed by atoms with Crippen LogP contribution in [0.2, 0.25) is 5.02 Å². The Morgan fingerprint density at radius 2 is 2.28 bits per heavy atom. The van der Waals surface area contributed by atoms with Gasteiger partial charge in [-0.05, 0) is 55.6 Å². The van der Waals surface area contributed by atoms with Gasteiger partial charge in [0.25, 0.3) is 0 Å². The van der Waals surface area contributed by atoms with Crippen LogP contribution in [0.4, 0.5) is 4.39 Å². The third kappa shape index (κ3) is 2.53. The van der Waals surface area contributed by atoms with Gasteiger partial charge in [-0.15, -0.1) is 0 Å². The molecule has 3 rings (SSSR count). The second-order valence-electron chi connectivity index (χ2n) is 5.37. The number of hydrogen-bond donors (Lipinski definition) is 1. The van der Waals surface area contributed by atoms with Gasteiger partial charge in [-0.2, -0.15) is 0 Å². The molecule has 0 amide bonds. The zero-order valence-corrected chi connectivity index (χ0v) is 11.1. The average molecular weight is 269 g/mol. The van der Waals surface area contributed by atoms with E-state index in [1.54, 1.807) is 12.1 Å². The van der Waals surface area contributed by atoms with E-state index in [1.165, 1.54) is 18.9 Å². The topological polar surface area (TPSA) is 15.3 Å². The first-order valence-electron chi connectivity index (χ1n) is 6.62. The Balaban J connectivity index is 1.67. The van der Waals surface area contributed by atoms with Gasteiger partial charge in [-0.25, -0.2) is 4.39 Å². The van der Waals surface area contributed by atoms with Crippen LogP contribution in [0.3, 0.4) is 0 Å². The average Bonchev–Trinajstić information content (AvgIpc) is 2.81. The van der Waals surface area contributed by atoms with Crippen LogP contribution in [-0.4, -0.2) is 30.6 Å². The van der Waals surface area contributed by atoms with E-state index < -0.39 is 0 Å². The van der Waals surface area contributed by atoms with Crippen molar-refractivity contribution in [3.8, 4) is 0 Å². The summed E-state index contributed by atoms with van der Waals surface area (Å²) in [4.78, 5) is 2.40. The van der Waals surface area contributed by atoms with E-state index in [2.05, 4.69) is 10.2 Å². The molecule has 98 valence electrons. The molecule has 0 aromatic heterocycles. The van der Waals surface area contributed by atoms with Gasteiger partial charge in [0.2, 0.25) is 0 Å². The van der Waals surface area contributed by atoms with Crippen LogP contribution in [0.5, 0.6) is 0 Å². The first kappa shape index (κ1) is 12.4. The van der Waals surface area contributed by atoms with Crippen LogP contribution >= 0.6 is 11.6 Å². The molecule has 1 aromatic carbocycles. The Kier molecular flexibility index (Phi) is 3.55. The van der Waals surface area contributed by atoms with E-state index in [4.69, 9.17) is 11.6 Å². The summed E-state index contributed by atoms with van der Waals surface area (Å²) >= 11 is 6.12. The van der Waals surface area contributed by atoms with Crippen molar-refractivity contribution < 1.29 is 4.39 Å². The molecule has 2 atom stereocenters. The number of rotatable bonds is 2. The molecular formula is C14H18ClFN2. The molecule has 0 radical (unpaired) electrons. The summed E-state index contributed by atoms with van der Waals surface area (Å²) in [5.74, 6) is 0.554. The van der Waals surface area contributed by atoms with Crippen LogP contribution in [0.1, 0.15) is 18.4 Å². The fourth-order valence-corrected chi connectivity index (χ4v) is 3.35. The SMILES string of the molecule is Fc1ccc(Cl)c(CN2CCC3NCCC3C2)c1. The van der Waals surface area contributed by atoms with Crippen molar-refractivity contribution in [2.45, 2.75) is 25.4 Å². The van der Waals surface area contributed by atoms with Crippen molar-refractivity contribution in [3.63, 3.8) is 0 Å². The van der Waals surface area contributed by atoms with Crippen molar-refractivity contribution in [3.05, 3.63) is 34.6 Å². The Morgan fingerprint density at radius 3 is 3.17 bits per heavy atom. The second-order valence-corrected chi connectivity index (χ2v) is 5.78. The van der Waals surface area contributed by atoms with E-state index in [9.17, 15) is 4.39 Å². The maximum absolute atomic E-state index is 13.2. The summed E-state index contributed by atoms with van der Waals surface area (Å²) in [6, 6.07) is 5.32. The quantitative estimate of drug-likeness (QED) is 0.887. The van der Waals surface area contributed by atoms with E-state index in [0.717, 1.165) is 37.7 Å². The molecule has 18 heavy (non-hydrogen) atoms. The molecule has 1 aromatic rings. The van der Waals surface area contributed by atoms with Crippen molar-refractivity contribution in [2.24, 2.45) is 5.92 Å².